The minimum atomic E-state index is -0.249. The van der Waals surface area contributed by atoms with E-state index in [-0.39, 0.29) is 17.8 Å². The van der Waals surface area contributed by atoms with Gasteiger partial charge in [-0.1, -0.05) is 0 Å². The predicted molar refractivity (Wildman–Crippen MR) is 71.2 cm³/mol. The molecule has 1 saturated heterocycles. The molecule has 0 spiro atoms. The van der Waals surface area contributed by atoms with Gasteiger partial charge in [-0.15, -0.1) is 11.8 Å². The van der Waals surface area contributed by atoms with E-state index in [1.54, 1.807) is 12.1 Å². The Labute approximate surface area is 111 Å². The number of benzene rings is 1. The van der Waals surface area contributed by atoms with Crippen molar-refractivity contribution in [2.24, 2.45) is 0 Å². The van der Waals surface area contributed by atoms with Crippen LogP contribution >= 0.6 is 11.8 Å². The van der Waals surface area contributed by atoms with Crippen LogP contribution in [0.3, 0.4) is 0 Å². The average Bonchev–Trinajstić information content (AvgIpc) is 2.38. The topological polar surface area (TPSA) is 32.3 Å². The second kappa shape index (κ2) is 6.20. The SMILES string of the molecule is C[C@@H]1CNCCN1C(=O)CSc1ccc(F)cc1. The van der Waals surface area contributed by atoms with E-state index in [4.69, 9.17) is 0 Å². The summed E-state index contributed by atoms with van der Waals surface area (Å²) in [6.45, 7) is 4.53. The van der Waals surface area contributed by atoms with E-state index in [0.717, 1.165) is 24.5 Å². The Kier molecular flexibility index (Phi) is 4.60. The molecule has 0 bridgehead atoms. The van der Waals surface area contributed by atoms with Crippen LogP contribution in [0.25, 0.3) is 0 Å². The van der Waals surface area contributed by atoms with Crippen molar-refractivity contribution >= 4 is 17.7 Å². The first-order valence-electron chi connectivity index (χ1n) is 6.05. The minimum absolute atomic E-state index is 0.151. The number of amides is 1. The highest BCUT2D eigenvalue weighted by atomic mass is 32.2. The third kappa shape index (κ3) is 3.46. The summed E-state index contributed by atoms with van der Waals surface area (Å²) < 4.78 is 12.7. The Bertz CT molecular complexity index is 410. The van der Waals surface area contributed by atoms with Gasteiger partial charge in [0, 0.05) is 30.6 Å². The molecule has 1 aromatic rings. The van der Waals surface area contributed by atoms with Crippen LogP contribution in [-0.4, -0.2) is 42.2 Å². The van der Waals surface area contributed by atoms with E-state index in [2.05, 4.69) is 5.32 Å². The van der Waals surface area contributed by atoms with E-state index in [0.29, 0.717) is 5.75 Å². The molecule has 0 unspecified atom stereocenters. The van der Waals surface area contributed by atoms with Crippen molar-refractivity contribution in [1.29, 1.82) is 0 Å². The fourth-order valence-corrected chi connectivity index (χ4v) is 2.75. The van der Waals surface area contributed by atoms with Crippen LogP contribution < -0.4 is 5.32 Å². The van der Waals surface area contributed by atoms with Gasteiger partial charge in [0.2, 0.25) is 5.91 Å². The summed E-state index contributed by atoms with van der Waals surface area (Å²) in [5.74, 6) is 0.315. The first kappa shape index (κ1) is 13.4. The number of nitrogens with one attached hydrogen (secondary N) is 1. The molecule has 1 heterocycles. The van der Waals surface area contributed by atoms with Crippen LogP contribution in [0, 0.1) is 5.82 Å². The molecule has 3 nitrogen and oxygen atoms in total. The summed E-state index contributed by atoms with van der Waals surface area (Å²) in [4.78, 5) is 14.9. The smallest absolute Gasteiger partial charge is 0.233 e. The maximum Gasteiger partial charge on any atom is 0.233 e. The van der Waals surface area contributed by atoms with Crippen molar-refractivity contribution < 1.29 is 9.18 Å². The molecule has 0 aliphatic carbocycles. The van der Waals surface area contributed by atoms with Gasteiger partial charge in [-0.3, -0.25) is 4.79 Å². The minimum Gasteiger partial charge on any atom is -0.337 e. The number of carbonyl (C=O) groups is 1. The van der Waals surface area contributed by atoms with Crippen molar-refractivity contribution in [3.8, 4) is 0 Å². The third-order valence-corrected chi connectivity index (χ3v) is 3.99. The Morgan fingerprint density at radius 3 is 2.89 bits per heavy atom. The maximum atomic E-state index is 12.7. The van der Waals surface area contributed by atoms with Crippen molar-refractivity contribution in [1.82, 2.24) is 10.2 Å². The zero-order chi connectivity index (χ0) is 13.0. The molecule has 98 valence electrons. The van der Waals surface area contributed by atoms with Gasteiger partial charge in [0.25, 0.3) is 0 Å². The molecule has 1 atom stereocenters. The van der Waals surface area contributed by atoms with Gasteiger partial charge in [0.05, 0.1) is 5.75 Å². The molecule has 1 amide bonds. The Morgan fingerprint density at radius 2 is 2.22 bits per heavy atom. The van der Waals surface area contributed by atoms with E-state index in [9.17, 15) is 9.18 Å². The fourth-order valence-electron chi connectivity index (χ4n) is 1.97. The lowest BCUT2D eigenvalue weighted by Crippen LogP contribution is -2.52. The lowest BCUT2D eigenvalue weighted by atomic mass is 10.2. The van der Waals surface area contributed by atoms with Crippen molar-refractivity contribution in [3.05, 3.63) is 30.1 Å². The number of halogens is 1. The monoisotopic (exact) mass is 268 g/mol. The van der Waals surface area contributed by atoms with Crippen molar-refractivity contribution in [3.63, 3.8) is 0 Å². The van der Waals surface area contributed by atoms with Gasteiger partial charge in [0.15, 0.2) is 0 Å². The normalized spacial score (nSPS) is 19.9. The van der Waals surface area contributed by atoms with Crippen molar-refractivity contribution in [2.45, 2.75) is 17.9 Å². The summed E-state index contributed by atoms with van der Waals surface area (Å²) >= 11 is 1.45. The van der Waals surface area contributed by atoms with E-state index >= 15 is 0 Å². The molecule has 1 aromatic carbocycles. The number of nitrogens with zero attached hydrogens (tertiary/aromatic N) is 1. The Hall–Kier alpha value is -1.07. The summed E-state index contributed by atoms with van der Waals surface area (Å²) in [7, 11) is 0. The number of thioether (sulfide) groups is 1. The van der Waals surface area contributed by atoms with Crippen LogP contribution in [0.2, 0.25) is 0 Å². The molecule has 1 fully saturated rings. The van der Waals surface area contributed by atoms with Crippen LogP contribution in [-0.2, 0) is 4.79 Å². The number of hydrogen-bond acceptors (Lipinski definition) is 3. The molecule has 0 radical (unpaired) electrons. The lowest BCUT2D eigenvalue weighted by Gasteiger charge is -2.33. The maximum absolute atomic E-state index is 12.7. The summed E-state index contributed by atoms with van der Waals surface area (Å²) in [6.07, 6.45) is 0. The average molecular weight is 268 g/mol. The Morgan fingerprint density at radius 1 is 1.50 bits per heavy atom. The van der Waals surface area contributed by atoms with Gasteiger partial charge >= 0.3 is 0 Å². The van der Waals surface area contributed by atoms with Crippen LogP contribution in [0.5, 0.6) is 0 Å². The molecule has 1 N–H and O–H groups in total. The second-order valence-electron chi connectivity index (χ2n) is 4.38. The molecule has 0 saturated carbocycles. The standard InChI is InChI=1S/C13H17FN2OS/c1-10-8-15-6-7-16(10)13(17)9-18-12-4-2-11(14)3-5-12/h2-5,10,15H,6-9H2,1H3/t10-/m1/s1. The molecular weight excluding hydrogens is 251 g/mol. The Balaban J connectivity index is 1.85. The number of rotatable bonds is 3. The number of hydrogen-bond donors (Lipinski definition) is 1. The lowest BCUT2D eigenvalue weighted by molar-refractivity contribution is -0.131. The second-order valence-corrected chi connectivity index (χ2v) is 5.43. The van der Waals surface area contributed by atoms with Crippen molar-refractivity contribution in [2.75, 3.05) is 25.4 Å². The molecule has 5 heteroatoms. The van der Waals surface area contributed by atoms with Crippen LogP contribution in [0.15, 0.2) is 29.2 Å². The largest absolute Gasteiger partial charge is 0.337 e. The highest BCUT2D eigenvalue weighted by Gasteiger charge is 2.22. The first-order valence-corrected chi connectivity index (χ1v) is 7.04. The number of piperazine rings is 1. The van der Waals surface area contributed by atoms with Gasteiger partial charge in [-0.05, 0) is 31.2 Å². The molecule has 0 aromatic heterocycles. The van der Waals surface area contributed by atoms with Gasteiger partial charge in [0.1, 0.15) is 5.82 Å². The highest BCUT2D eigenvalue weighted by molar-refractivity contribution is 8.00. The molecule has 1 aliphatic rings. The van der Waals surface area contributed by atoms with E-state index in [1.165, 1.54) is 23.9 Å². The van der Waals surface area contributed by atoms with Gasteiger partial charge in [-0.2, -0.15) is 0 Å². The first-order chi connectivity index (χ1) is 8.66. The molecule has 2 rings (SSSR count). The fraction of sp³-hybridized carbons (Fsp3) is 0.462. The summed E-state index contributed by atoms with van der Waals surface area (Å²) in [5.41, 5.74) is 0. The van der Waals surface area contributed by atoms with Gasteiger partial charge in [-0.25, -0.2) is 4.39 Å². The van der Waals surface area contributed by atoms with E-state index < -0.39 is 0 Å². The highest BCUT2D eigenvalue weighted by Crippen LogP contribution is 2.19. The quantitative estimate of drug-likeness (QED) is 0.848. The number of carbonyl (C=O) groups excluding carboxylic acids is 1. The van der Waals surface area contributed by atoms with E-state index in [1.807, 2.05) is 11.8 Å². The van der Waals surface area contributed by atoms with Crippen LogP contribution in [0.1, 0.15) is 6.92 Å². The van der Waals surface area contributed by atoms with Crippen LogP contribution in [0.4, 0.5) is 4.39 Å². The molecular formula is C13H17FN2OS. The molecule has 1 aliphatic heterocycles. The summed E-state index contributed by atoms with van der Waals surface area (Å²) in [6, 6.07) is 6.49. The molecule has 18 heavy (non-hydrogen) atoms. The van der Waals surface area contributed by atoms with Gasteiger partial charge < -0.3 is 10.2 Å². The predicted octanol–water partition coefficient (Wildman–Crippen LogP) is 1.74. The zero-order valence-electron chi connectivity index (χ0n) is 10.4. The third-order valence-electron chi connectivity index (χ3n) is 3.00. The summed E-state index contributed by atoms with van der Waals surface area (Å²) in [5, 5.41) is 3.26. The zero-order valence-corrected chi connectivity index (χ0v) is 11.2.